The van der Waals surface area contributed by atoms with Gasteiger partial charge in [0, 0.05) is 12.3 Å². The minimum Gasteiger partial charge on any atom is -0.310 e. The summed E-state index contributed by atoms with van der Waals surface area (Å²) in [5.74, 6) is 0.233. The topological polar surface area (TPSA) is 46.2 Å². The second kappa shape index (κ2) is 6.32. The van der Waals surface area contributed by atoms with Gasteiger partial charge in [0.25, 0.3) is 0 Å². The summed E-state index contributed by atoms with van der Waals surface area (Å²) in [6.07, 6.45) is 1.92. The van der Waals surface area contributed by atoms with E-state index in [1.54, 1.807) is 11.3 Å². The number of halogens is 1. The monoisotopic (exact) mass is 373 g/mol. The number of sulfone groups is 1. The van der Waals surface area contributed by atoms with Gasteiger partial charge in [-0.2, -0.15) is 0 Å². The molecule has 1 rings (SSSR count). The predicted octanol–water partition coefficient (Wildman–Crippen LogP) is 2.44. The van der Waals surface area contributed by atoms with Crippen LogP contribution in [0.1, 0.15) is 24.9 Å². The van der Waals surface area contributed by atoms with Crippen LogP contribution in [0.4, 0.5) is 0 Å². The van der Waals surface area contributed by atoms with Crippen molar-refractivity contribution in [1.82, 2.24) is 5.32 Å². The number of rotatable bonds is 6. The summed E-state index contributed by atoms with van der Waals surface area (Å²) in [6.45, 7) is 2.88. The molecule has 1 aromatic rings. The molecule has 1 N–H and O–H groups in total. The largest absolute Gasteiger partial charge is 0.310 e. The van der Waals surface area contributed by atoms with Crippen molar-refractivity contribution < 1.29 is 8.42 Å². The maximum atomic E-state index is 11.1. The standard InChI is InChI=1S/C10H16INO2S2/c1-3-12-9(4-5-16(2,13)14)8-6-10(11)15-7-8/h6-7,9,12H,3-5H2,1-2H3. The molecular weight excluding hydrogens is 357 g/mol. The molecule has 0 bridgehead atoms. The molecule has 0 aliphatic rings. The Labute approximate surface area is 115 Å². The van der Waals surface area contributed by atoms with Gasteiger partial charge in [0.15, 0.2) is 0 Å². The number of thiophene rings is 1. The lowest BCUT2D eigenvalue weighted by Crippen LogP contribution is -2.23. The van der Waals surface area contributed by atoms with Gasteiger partial charge in [0.1, 0.15) is 9.84 Å². The van der Waals surface area contributed by atoms with E-state index in [1.165, 1.54) is 14.7 Å². The fraction of sp³-hybridized carbons (Fsp3) is 0.600. The molecule has 0 aliphatic heterocycles. The minimum absolute atomic E-state index is 0.152. The molecule has 1 atom stereocenters. The van der Waals surface area contributed by atoms with E-state index in [-0.39, 0.29) is 11.8 Å². The molecule has 16 heavy (non-hydrogen) atoms. The first-order valence-electron chi connectivity index (χ1n) is 5.07. The van der Waals surface area contributed by atoms with Crippen LogP contribution in [0.25, 0.3) is 0 Å². The molecule has 0 fully saturated rings. The van der Waals surface area contributed by atoms with Gasteiger partial charge in [-0.3, -0.25) is 0 Å². The Morgan fingerprint density at radius 2 is 2.25 bits per heavy atom. The van der Waals surface area contributed by atoms with Gasteiger partial charge >= 0.3 is 0 Å². The van der Waals surface area contributed by atoms with Crippen molar-refractivity contribution >= 4 is 43.8 Å². The van der Waals surface area contributed by atoms with Crippen molar-refractivity contribution in [2.75, 3.05) is 18.6 Å². The maximum Gasteiger partial charge on any atom is 0.147 e. The summed E-state index contributed by atoms with van der Waals surface area (Å²) >= 11 is 3.97. The van der Waals surface area contributed by atoms with E-state index in [2.05, 4.69) is 39.4 Å². The Hall–Kier alpha value is 0.340. The zero-order chi connectivity index (χ0) is 12.2. The van der Waals surface area contributed by atoms with Gasteiger partial charge in [-0.25, -0.2) is 8.42 Å². The Morgan fingerprint density at radius 1 is 1.56 bits per heavy atom. The van der Waals surface area contributed by atoms with Crippen LogP contribution in [0.3, 0.4) is 0 Å². The Balaban J connectivity index is 2.68. The second-order valence-corrected chi connectivity index (χ2v) is 8.78. The lowest BCUT2D eigenvalue weighted by atomic mass is 10.1. The van der Waals surface area contributed by atoms with E-state index in [9.17, 15) is 8.42 Å². The van der Waals surface area contributed by atoms with Gasteiger partial charge in [0.05, 0.1) is 8.64 Å². The third-order valence-corrected chi connectivity index (χ3v) is 5.00. The maximum absolute atomic E-state index is 11.1. The molecular formula is C10H16INO2S2. The van der Waals surface area contributed by atoms with Gasteiger partial charge in [-0.05, 0) is 52.6 Å². The summed E-state index contributed by atoms with van der Waals surface area (Å²) < 4.78 is 23.5. The molecule has 0 radical (unpaired) electrons. The van der Waals surface area contributed by atoms with Crippen molar-refractivity contribution in [2.24, 2.45) is 0 Å². The molecule has 92 valence electrons. The zero-order valence-electron chi connectivity index (χ0n) is 9.36. The van der Waals surface area contributed by atoms with Gasteiger partial charge in [-0.15, -0.1) is 11.3 Å². The minimum atomic E-state index is -2.88. The molecule has 0 aromatic carbocycles. The van der Waals surface area contributed by atoms with Crippen LogP contribution in [0.5, 0.6) is 0 Å². The third kappa shape index (κ3) is 5.11. The summed E-state index contributed by atoms with van der Waals surface area (Å²) in [5, 5.41) is 5.42. The highest BCUT2D eigenvalue weighted by Gasteiger charge is 2.14. The van der Waals surface area contributed by atoms with Crippen molar-refractivity contribution in [3.05, 3.63) is 19.9 Å². The van der Waals surface area contributed by atoms with Crippen LogP contribution in [0, 0.1) is 2.88 Å². The van der Waals surface area contributed by atoms with Crippen LogP contribution in [0.15, 0.2) is 11.4 Å². The SMILES string of the molecule is CCNC(CCS(C)(=O)=O)c1csc(I)c1. The Kier molecular flexibility index (Phi) is 5.69. The zero-order valence-corrected chi connectivity index (χ0v) is 13.2. The molecule has 0 saturated heterocycles. The average molecular weight is 373 g/mol. The van der Waals surface area contributed by atoms with Gasteiger partial charge in [-0.1, -0.05) is 6.92 Å². The van der Waals surface area contributed by atoms with E-state index in [0.29, 0.717) is 6.42 Å². The Morgan fingerprint density at radius 3 is 2.69 bits per heavy atom. The average Bonchev–Trinajstić information content (AvgIpc) is 2.57. The highest BCUT2D eigenvalue weighted by atomic mass is 127. The summed E-state index contributed by atoms with van der Waals surface area (Å²) in [5.41, 5.74) is 1.19. The molecule has 6 heteroatoms. The molecule has 0 amide bonds. The van der Waals surface area contributed by atoms with Crippen molar-refractivity contribution in [2.45, 2.75) is 19.4 Å². The molecule has 0 spiro atoms. The van der Waals surface area contributed by atoms with E-state index < -0.39 is 9.84 Å². The first-order valence-corrected chi connectivity index (χ1v) is 9.09. The van der Waals surface area contributed by atoms with Crippen LogP contribution < -0.4 is 5.32 Å². The lowest BCUT2D eigenvalue weighted by Gasteiger charge is -2.15. The molecule has 0 aliphatic carbocycles. The molecule has 0 saturated carbocycles. The van der Waals surface area contributed by atoms with Crippen LogP contribution in [-0.2, 0) is 9.84 Å². The number of hydrogen-bond acceptors (Lipinski definition) is 4. The summed E-state index contributed by atoms with van der Waals surface area (Å²) in [4.78, 5) is 0. The first-order chi connectivity index (χ1) is 7.42. The molecule has 3 nitrogen and oxygen atoms in total. The summed E-state index contributed by atoms with van der Waals surface area (Å²) in [6, 6.07) is 2.26. The molecule has 1 unspecified atom stereocenters. The second-order valence-electron chi connectivity index (χ2n) is 3.71. The number of nitrogens with one attached hydrogen (secondary N) is 1. The third-order valence-electron chi connectivity index (χ3n) is 2.22. The Bertz CT molecular complexity index is 428. The lowest BCUT2D eigenvalue weighted by molar-refractivity contribution is 0.531. The summed E-state index contributed by atoms with van der Waals surface area (Å²) in [7, 11) is -2.88. The first kappa shape index (κ1) is 14.4. The van der Waals surface area contributed by atoms with E-state index in [1.807, 2.05) is 6.92 Å². The fourth-order valence-electron chi connectivity index (χ4n) is 1.47. The quantitative estimate of drug-likeness (QED) is 0.780. The predicted molar refractivity (Wildman–Crippen MR) is 77.8 cm³/mol. The van der Waals surface area contributed by atoms with Crippen LogP contribution in [0.2, 0.25) is 0 Å². The van der Waals surface area contributed by atoms with Crippen molar-refractivity contribution in [3.63, 3.8) is 0 Å². The van der Waals surface area contributed by atoms with E-state index in [4.69, 9.17) is 0 Å². The number of hydrogen-bond donors (Lipinski definition) is 1. The highest BCUT2D eigenvalue weighted by molar-refractivity contribution is 14.1. The van der Waals surface area contributed by atoms with Crippen LogP contribution in [-0.4, -0.2) is 27.0 Å². The van der Waals surface area contributed by atoms with Crippen molar-refractivity contribution in [1.29, 1.82) is 0 Å². The van der Waals surface area contributed by atoms with Gasteiger partial charge < -0.3 is 5.32 Å². The normalized spacial score (nSPS) is 13.9. The van der Waals surface area contributed by atoms with Crippen molar-refractivity contribution in [3.8, 4) is 0 Å². The van der Waals surface area contributed by atoms with Gasteiger partial charge in [0.2, 0.25) is 0 Å². The highest BCUT2D eigenvalue weighted by Crippen LogP contribution is 2.24. The fourth-order valence-corrected chi connectivity index (χ4v) is 3.56. The molecule has 1 aromatic heterocycles. The van der Waals surface area contributed by atoms with E-state index in [0.717, 1.165) is 6.54 Å². The smallest absolute Gasteiger partial charge is 0.147 e. The van der Waals surface area contributed by atoms with Crippen LogP contribution >= 0.6 is 33.9 Å². The molecule has 1 heterocycles. The van der Waals surface area contributed by atoms with E-state index >= 15 is 0 Å².